The van der Waals surface area contributed by atoms with Crippen LogP contribution in [0.3, 0.4) is 0 Å². The van der Waals surface area contributed by atoms with Gasteiger partial charge in [0, 0.05) is 7.05 Å². The second-order valence-corrected chi connectivity index (χ2v) is 2.53. The average Bonchev–Trinajstić information content (AvgIpc) is 2.04. The highest BCUT2D eigenvalue weighted by atomic mass is 35.5. The van der Waals surface area contributed by atoms with Crippen molar-refractivity contribution in [3.63, 3.8) is 0 Å². The third-order valence-corrected chi connectivity index (χ3v) is 1.64. The molecule has 0 rings (SSSR count). The number of ether oxygens (including phenoxy) is 1. The molecule has 0 radical (unpaired) electrons. The molecule has 1 atom stereocenters. The minimum atomic E-state index is -0.794. The van der Waals surface area contributed by atoms with Crippen molar-refractivity contribution in [3.05, 3.63) is 0 Å². The number of carbonyl (C=O) groups is 1. The zero-order chi connectivity index (χ0) is 9.56. The number of hydrogen-bond acceptors (Lipinski definition) is 4. The van der Waals surface area contributed by atoms with Crippen LogP contribution >= 0.6 is 11.6 Å². The molecule has 0 saturated carbocycles. The van der Waals surface area contributed by atoms with Gasteiger partial charge in [0.2, 0.25) is 0 Å². The van der Waals surface area contributed by atoms with Gasteiger partial charge in [-0.25, -0.2) is 0 Å². The van der Waals surface area contributed by atoms with Crippen LogP contribution in [0.1, 0.15) is 13.8 Å². The van der Waals surface area contributed by atoms with Crippen LogP contribution in [0.2, 0.25) is 0 Å². The smallest absolute Gasteiger partial charge is 0.329 e. The first-order valence-corrected chi connectivity index (χ1v) is 4.08. The molecule has 0 aromatic rings. The molecule has 5 heteroatoms. The predicted octanol–water partition coefficient (Wildman–Crippen LogP) is 0.752. The van der Waals surface area contributed by atoms with Crippen LogP contribution < -0.4 is 5.43 Å². The van der Waals surface area contributed by atoms with Crippen LogP contribution in [-0.4, -0.2) is 30.7 Å². The Bertz CT molecular complexity index is 182. The summed E-state index contributed by atoms with van der Waals surface area (Å²) in [4.78, 5) is 11.0. The summed E-state index contributed by atoms with van der Waals surface area (Å²) in [5, 5.41) is 2.97. The number of hydrazone groups is 1. The molecule has 0 aliphatic rings. The van der Waals surface area contributed by atoms with E-state index in [1.807, 2.05) is 0 Å². The molecule has 0 heterocycles. The fourth-order valence-corrected chi connectivity index (χ4v) is 0.731. The second-order valence-electron chi connectivity index (χ2n) is 2.09. The summed E-state index contributed by atoms with van der Waals surface area (Å²) in [5.41, 5.74) is 3.04. The Morgan fingerprint density at radius 1 is 1.75 bits per heavy atom. The van der Waals surface area contributed by atoms with Crippen LogP contribution in [0.4, 0.5) is 0 Å². The maximum atomic E-state index is 11.0. The van der Waals surface area contributed by atoms with Crippen LogP contribution in [0.5, 0.6) is 0 Å². The maximum absolute atomic E-state index is 11.0. The van der Waals surface area contributed by atoms with Crippen molar-refractivity contribution in [3.8, 4) is 0 Å². The van der Waals surface area contributed by atoms with Crippen LogP contribution in [0, 0.1) is 0 Å². The molecular weight excluding hydrogens is 180 g/mol. The Balaban J connectivity index is 4.09. The van der Waals surface area contributed by atoms with E-state index in [1.165, 1.54) is 0 Å². The molecule has 0 aromatic carbocycles. The molecule has 0 fully saturated rings. The van der Waals surface area contributed by atoms with Gasteiger partial charge >= 0.3 is 5.97 Å². The molecule has 12 heavy (non-hydrogen) atoms. The van der Waals surface area contributed by atoms with Crippen LogP contribution in [0.15, 0.2) is 5.10 Å². The van der Waals surface area contributed by atoms with Gasteiger partial charge < -0.3 is 10.2 Å². The summed E-state index contributed by atoms with van der Waals surface area (Å²) in [6.07, 6.45) is 0. The number of hydrogen-bond donors (Lipinski definition) is 1. The van der Waals surface area contributed by atoms with E-state index in [1.54, 1.807) is 20.9 Å². The van der Waals surface area contributed by atoms with E-state index in [4.69, 9.17) is 16.3 Å². The highest BCUT2D eigenvalue weighted by Gasteiger charge is 2.19. The Hall–Kier alpha value is -0.770. The standard InChI is InChI=1S/C7H13ClN2O2/c1-4-12-7(11)6(8)5(2)10-9-3/h6,9H,4H2,1-3H3/b10-5+. The SMILES string of the molecule is CCOC(=O)C(Cl)/C(C)=N/NC. The first-order chi connectivity index (χ1) is 5.63. The summed E-state index contributed by atoms with van der Waals surface area (Å²) in [7, 11) is 1.64. The Morgan fingerprint density at radius 3 is 2.75 bits per heavy atom. The first kappa shape index (κ1) is 11.2. The zero-order valence-corrected chi connectivity index (χ0v) is 8.18. The lowest BCUT2D eigenvalue weighted by Crippen LogP contribution is -2.26. The highest BCUT2D eigenvalue weighted by Crippen LogP contribution is 2.01. The molecule has 0 aliphatic carbocycles. The fourth-order valence-electron chi connectivity index (χ4n) is 0.619. The fraction of sp³-hybridized carbons (Fsp3) is 0.714. The number of rotatable bonds is 4. The zero-order valence-electron chi connectivity index (χ0n) is 7.43. The lowest BCUT2D eigenvalue weighted by molar-refractivity contribution is -0.141. The lowest BCUT2D eigenvalue weighted by atomic mass is 10.3. The minimum absolute atomic E-state index is 0.328. The second kappa shape index (κ2) is 5.83. The van der Waals surface area contributed by atoms with Gasteiger partial charge in [-0.2, -0.15) is 5.10 Å². The van der Waals surface area contributed by atoms with Gasteiger partial charge in [0.15, 0.2) is 5.38 Å². The highest BCUT2D eigenvalue weighted by molar-refractivity contribution is 6.41. The van der Waals surface area contributed by atoms with Crippen molar-refractivity contribution < 1.29 is 9.53 Å². The van der Waals surface area contributed by atoms with Gasteiger partial charge in [-0.05, 0) is 13.8 Å². The Morgan fingerprint density at radius 2 is 2.33 bits per heavy atom. The summed E-state index contributed by atoms with van der Waals surface area (Å²) in [6, 6.07) is 0. The first-order valence-electron chi connectivity index (χ1n) is 3.65. The van der Waals surface area contributed by atoms with Gasteiger partial charge in [-0.15, -0.1) is 11.6 Å². The summed E-state index contributed by atoms with van der Waals surface area (Å²) >= 11 is 5.69. The van der Waals surface area contributed by atoms with E-state index in [0.29, 0.717) is 12.3 Å². The van der Waals surface area contributed by atoms with Gasteiger partial charge in [0.1, 0.15) is 0 Å². The topological polar surface area (TPSA) is 50.7 Å². The number of nitrogens with zero attached hydrogens (tertiary/aromatic N) is 1. The summed E-state index contributed by atoms with van der Waals surface area (Å²) in [6.45, 7) is 3.71. The maximum Gasteiger partial charge on any atom is 0.329 e. The molecule has 0 spiro atoms. The van der Waals surface area contributed by atoms with Gasteiger partial charge in [0.05, 0.1) is 12.3 Å². The van der Waals surface area contributed by atoms with Gasteiger partial charge in [-0.3, -0.25) is 4.79 Å². The third-order valence-electron chi connectivity index (χ3n) is 1.15. The normalized spacial score (nSPS) is 13.8. The third kappa shape index (κ3) is 3.57. The van der Waals surface area contributed by atoms with E-state index < -0.39 is 11.3 Å². The molecule has 70 valence electrons. The van der Waals surface area contributed by atoms with Crippen LogP contribution in [-0.2, 0) is 9.53 Å². The molecule has 0 amide bonds. The Kier molecular flexibility index (Phi) is 5.45. The molecule has 1 unspecified atom stereocenters. The average molecular weight is 193 g/mol. The molecule has 0 aliphatic heterocycles. The largest absolute Gasteiger partial charge is 0.465 e. The van der Waals surface area contributed by atoms with E-state index in [-0.39, 0.29) is 0 Å². The predicted molar refractivity (Wildman–Crippen MR) is 48.4 cm³/mol. The van der Waals surface area contributed by atoms with Crippen molar-refractivity contribution in [2.75, 3.05) is 13.7 Å². The van der Waals surface area contributed by atoms with Crippen LogP contribution in [0.25, 0.3) is 0 Å². The number of carbonyl (C=O) groups excluding carboxylic acids is 1. The number of halogens is 1. The number of nitrogens with one attached hydrogen (secondary N) is 1. The molecule has 0 aromatic heterocycles. The van der Waals surface area contributed by atoms with Crippen molar-refractivity contribution in [2.24, 2.45) is 5.10 Å². The minimum Gasteiger partial charge on any atom is -0.465 e. The summed E-state index contributed by atoms with van der Waals surface area (Å²) in [5.74, 6) is -0.462. The van der Waals surface area contributed by atoms with Crippen molar-refractivity contribution in [2.45, 2.75) is 19.2 Å². The number of alkyl halides is 1. The molecular formula is C7H13ClN2O2. The van der Waals surface area contributed by atoms with Crippen molar-refractivity contribution in [1.82, 2.24) is 5.43 Å². The van der Waals surface area contributed by atoms with E-state index in [9.17, 15) is 4.79 Å². The van der Waals surface area contributed by atoms with E-state index in [2.05, 4.69) is 10.5 Å². The lowest BCUT2D eigenvalue weighted by Gasteiger charge is -2.07. The molecule has 1 N–H and O–H groups in total. The molecule has 0 bridgehead atoms. The van der Waals surface area contributed by atoms with Gasteiger partial charge in [-0.1, -0.05) is 0 Å². The Labute approximate surface area is 76.9 Å². The summed E-state index contributed by atoms with van der Waals surface area (Å²) < 4.78 is 4.69. The molecule has 0 saturated heterocycles. The van der Waals surface area contributed by atoms with Crippen molar-refractivity contribution >= 4 is 23.3 Å². The number of esters is 1. The molecule has 4 nitrogen and oxygen atoms in total. The van der Waals surface area contributed by atoms with Gasteiger partial charge in [0.25, 0.3) is 0 Å². The quantitative estimate of drug-likeness (QED) is 0.310. The van der Waals surface area contributed by atoms with E-state index in [0.717, 1.165) is 0 Å². The van der Waals surface area contributed by atoms with Crippen molar-refractivity contribution in [1.29, 1.82) is 0 Å². The van der Waals surface area contributed by atoms with E-state index >= 15 is 0 Å². The monoisotopic (exact) mass is 192 g/mol.